The van der Waals surface area contributed by atoms with Gasteiger partial charge in [0.05, 0.1) is 0 Å². The largest absolute Gasteiger partial charge is 0.353 e. The third-order valence-corrected chi connectivity index (χ3v) is 4.32. The van der Waals surface area contributed by atoms with Crippen LogP contribution in [0.25, 0.3) is 0 Å². The van der Waals surface area contributed by atoms with E-state index >= 15 is 0 Å². The highest BCUT2D eigenvalue weighted by atomic mass is 15.2. The summed E-state index contributed by atoms with van der Waals surface area (Å²) in [6.45, 7) is 15.4. The minimum Gasteiger partial charge on any atom is -0.353 e. The maximum Gasteiger partial charge on any atom is 0.131 e. The molecule has 0 aliphatic carbocycles. The lowest BCUT2D eigenvalue weighted by Gasteiger charge is -2.38. The third-order valence-electron chi connectivity index (χ3n) is 4.32. The molecule has 1 aliphatic heterocycles. The van der Waals surface area contributed by atoms with Gasteiger partial charge in [-0.2, -0.15) is 0 Å². The van der Waals surface area contributed by atoms with Crippen molar-refractivity contribution < 1.29 is 0 Å². The van der Waals surface area contributed by atoms with Crippen LogP contribution in [0.5, 0.6) is 0 Å². The number of hydrogen-bond acceptors (Lipinski definition) is 3. The Balaban J connectivity index is 2.11. The van der Waals surface area contributed by atoms with Crippen LogP contribution in [-0.4, -0.2) is 23.1 Å². The van der Waals surface area contributed by atoms with Crippen LogP contribution >= 0.6 is 0 Å². The lowest BCUT2D eigenvalue weighted by atomic mass is 9.94. The summed E-state index contributed by atoms with van der Waals surface area (Å²) in [5.74, 6) is 1.94. The summed E-state index contributed by atoms with van der Waals surface area (Å²) in [6, 6.07) is 2.89. The number of rotatable bonds is 3. The summed E-state index contributed by atoms with van der Waals surface area (Å²) in [6.07, 6.45) is 4.65. The molecule has 0 amide bonds. The van der Waals surface area contributed by atoms with Gasteiger partial charge in [-0.3, -0.25) is 0 Å². The van der Waals surface area contributed by atoms with Crippen molar-refractivity contribution in [2.75, 3.05) is 11.4 Å². The second-order valence-corrected chi connectivity index (χ2v) is 7.77. The molecule has 1 aliphatic rings. The summed E-state index contributed by atoms with van der Waals surface area (Å²) in [4.78, 5) is 7.26. The molecule has 2 unspecified atom stereocenters. The molecule has 3 heteroatoms. The van der Waals surface area contributed by atoms with E-state index in [1.54, 1.807) is 0 Å². The molecule has 0 saturated carbocycles. The van der Waals surface area contributed by atoms with E-state index in [0.717, 1.165) is 19.0 Å². The zero-order valence-corrected chi connectivity index (χ0v) is 14.5. The number of nitrogens with one attached hydrogen (secondary N) is 1. The number of pyridine rings is 1. The van der Waals surface area contributed by atoms with E-state index in [1.807, 2.05) is 6.20 Å². The van der Waals surface area contributed by atoms with Crippen molar-refractivity contribution in [3.8, 4) is 0 Å². The molecule has 1 aromatic rings. The number of piperidine rings is 1. The fourth-order valence-electron chi connectivity index (χ4n) is 2.97. The standard InChI is InChI=1S/C18H31N3/c1-13-7-8-15(3)21(12-13)17-14(2)9-16(10-19-17)11-20-18(4,5)6/h9-10,13,15,20H,7-8,11-12H2,1-6H3. The highest BCUT2D eigenvalue weighted by molar-refractivity contribution is 5.48. The van der Waals surface area contributed by atoms with Crippen LogP contribution in [-0.2, 0) is 6.54 Å². The topological polar surface area (TPSA) is 28.2 Å². The first-order chi connectivity index (χ1) is 9.76. The number of aryl methyl sites for hydroxylation is 1. The minimum atomic E-state index is 0.142. The van der Waals surface area contributed by atoms with Gasteiger partial charge in [-0.15, -0.1) is 0 Å². The van der Waals surface area contributed by atoms with Gasteiger partial charge in [0.1, 0.15) is 5.82 Å². The van der Waals surface area contributed by atoms with E-state index in [-0.39, 0.29) is 5.54 Å². The molecule has 3 nitrogen and oxygen atoms in total. The predicted octanol–water partition coefficient (Wildman–Crippen LogP) is 3.90. The smallest absolute Gasteiger partial charge is 0.131 e. The van der Waals surface area contributed by atoms with Crippen molar-refractivity contribution in [2.24, 2.45) is 5.92 Å². The van der Waals surface area contributed by atoms with E-state index in [4.69, 9.17) is 4.98 Å². The molecule has 1 aromatic heterocycles. The van der Waals surface area contributed by atoms with Crippen molar-refractivity contribution in [2.45, 2.75) is 72.5 Å². The Morgan fingerprint density at radius 3 is 2.62 bits per heavy atom. The van der Waals surface area contributed by atoms with Gasteiger partial charge in [0.25, 0.3) is 0 Å². The van der Waals surface area contributed by atoms with Crippen molar-refractivity contribution in [1.29, 1.82) is 0 Å². The van der Waals surface area contributed by atoms with Gasteiger partial charge >= 0.3 is 0 Å². The lowest BCUT2D eigenvalue weighted by molar-refractivity contribution is 0.387. The molecule has 118 valence electrons. The molecule has 0 aromatic carbocycles. The van der Waals surface area contributed by atoms with Gasteiger partial charge in [0, 0.05) is 30.9 Å². The SMILES string of the molecule is Cc1cc(CNC(C)(C)C)cnc1N1CC(C)CCC1C. The Morgan fingerprint density at radius 2 is 2.00 bits per heavy atom. The average Bonchev–Trinajstić information content (AvgIpc) is 2.39. The Bertz CT molecular complexity index is 476. The molecular weight excluding hydrogens is 258 g/mol. The highest BCUT2D eigenvalue weighted by Crippen LogP contribution is 2.28. The Morgan fingerprint density at radius 1 is 1.29 bits per heavy atom. The molecule has 1 N–H and O–H groups in total. The average molecular weight is 289 g/mol. The number of anilines is 1. The van der Waals surface area contributed by atoms with Gasteiger partial charge in [-0.1, -0.05) is 6.92 Å². The van der Waals surface area contributed by atoms with Crippen molar-refractivity contribution in [3.63, 3.8) is 0 Å². The van der Waals surface area contributed by atoms with Crippen LogP contribution in [0.15, 0.2) is 12.3 Å². The minimum absolute atomic E-state index is 0.142. The molecule has 2 rings (SSSR count). The number of nitrogens with zero attached hydrogens (tertiary/aromatic N) is 2. The zero-order valence-electron chi connectivity index (χ0n) is 14.5. The van der Waals surface area contributed by atoms with E-state index in [0.29, 0.717) is 6.04 Å². The molecule has 1 saturated heterocycles. The van der Waals surface area contributed by atoms with Gasteiger partial charge in [0.15, 0.2) is 0 Å². The second kappa shape index (κ2) is 6.35. The van der Waals surface area contributed by atoms with Crippen LogP contribution in [0.4, 0.5) is 5.82 Å². The summed E-state index contributed by atoms with van der Waals surface area (Å²) < 4.78 is 0. The fraction of sp³-hybridized carbons (Fsp3) is 0.722. The van der Waals surface area contributed by atoms with Gasteiger partial charge in [-0.25, -0.2) is 4.98 Å². The Kier molecular flexibility index (Phi) is 4.92. The molecule has 1 fully saturated rings. The summed E-state index contributed by atoms with van der Waals surface area (Å²) in [7, 11) is 0. The first-order valence-corrected chi connectivity index (χ1v) is 8.23. The van der Waals surface area contributed by atoms with Crippen LogP contribution in [0.2, 0.25) is 0 Å². The Labute approximate surface area is 130 Å². The van der Waals surface area contributed by atoms with Crippen LogP contribution in [0.1, 0.15) is 58.6 Å². The molecule has 0 spiro atoms. The van der Waals surface area contributed by atoms with Gasteiger partial charge < -0.3 is 10.2 Å². The summed E-state index contributed by atoms with van der Waals surface area (Å²) in [5.41, 5.74) is 2.71. The molecule has 21 heavy (non-hydrogen) atoms. The highest BCUT2D eigenvalue weighted by Gasteiger charge is 2.25. The molecule has 0 radical (unpaired) electrons. The quantitative estimate of drug-likeness (QED) is 0.914. The van der Waals surface area contributed by atoms with Crippen LogP contribution in [0, 0.1) is 12.8 Å². The summed E-state index contributed by atoms with van der Waals surface area (Å²) in [5, 5.41) is 3.53. The van der Waals surface area contributed by atoms with E-state index in [2.05, 4.69) is 57.8 Å². The van der Waals surface area contributed by atoms with E-state index in [1.165, 1.54) is 29.8 Å². The monoisotopic (exact) mass is 289 g/mol. The van der Waals surface area contributed by atoms with Gasteiger partial charge in [-0.05, 0) is 70.6 Å². The maximum absolute atomic E-state index is 4.77. The Hall–Kier alpha value is -1.09. The molecule has 2 heterocycles. The van der Waals surface area contributed by atoms with E-state index in [9.17, 15) is 0 Å². The fourth-order valence-corrected chi connectivity index (χ4v) is 2.97. The predicted molar refractivity (Wildman–Crippen MR) is 90.8 cm³/mol. The van der Waals surface area contributed by atoms with Crippen LogP contribution < -0.4 is 10.2 Å². The normalized spacial score (nSPS) is 23.4. The first kappa shape index (κ1) is 16.3. The first-order valence-electron chi connectivity index (χ1n) is 8.23. The van der Waals surface area contributed by atoms with Crippen molar-refractivity contribution in [3.05, 3.63) is 23.4 Å². The third kappa shape index (κ3) is 4.44. The second-order valence-electron chi connectivity index (χ2n) is 7.77. The van der Waals surface area contributed by atoms with Crippen molar-refractivity contribution >= 4 is 5.82 Å². The zero-order chi connectivity index (χ0) is 15.6. The van der Waals surface area contributed by atoms with E-state index < -0.39 is 0 Å². The molecular formula is C18H31N3. The van der Waals surface area contributed by atoms with Gasteiger partial charge in [0.2, 0.25) is 0 Å². The summed E-state index contributed by atoms with van der Waals surface area (Å²) >= 11 is 0. The number of aromatic nitrogens is 1. The van der Waals surface area contributed by atoms with Crippen LogP contribution in [0.3, 0.4) is 0 Å². The lowest BCUT2D eigenvalue weighted by Crippen LogP contribution is -2.42. The number of hydrogen-bond donors (Lipinski definition) is 1. The molecule has 0 bridgehead atoms. The van der Waals surface area contributed by atoms with Crippen molar-refractivity contribution in [1.82, 2.24) is 10.3 Å². The molecule has 2 atom stereocenters. The maximum atomic E-state index is 4.77.